The smallest absolute Gasteiger partial charge is 0.262 e. The van der Waals surface area contributed by atoms with Crippen LogP contribution in [-0.4, -0.2) is 36.5 Å². The molecule has 0 radical (unpaired) electrons. The zero-order valence-corrected chi connectivity index (χ0v) is 13.5. The average Bonchev–Trinajstić information content (AvgIpc) is 2.87. The van der Waals surface area contributed by atoms with Crippen LogP contribution in [0.3, 0.4) is 0 Å². The van der Waals surface area contributed by atoms with Crippen molar-refractivity contribution >= 4 is 33.2 Å². The maximum absolute atomic E-state index is 12.1. The molecule has 2 fully saturated rings. The second-order valence-electron chi connectivity index (χ2n) is 5.70. The number of hydrogen-bond donors (Lipinski definition) is 1. The molecule has 2 aliphatic heterocycles. The van der Waals surface area contributed by atoms with Crippen molar-refractivity contribution in [2.45, 2.75) is 37.8 Å². The fraction of sp³-hybridized carbons (Fsp3) is 0.643. The topological polar surface area (TPSA) is 32.3 Å². The first kappa shape index (κ1) is 13.6. The maximum atomic E-state index is 12.1. The molecular formula is C14H19BrN2OS. The fourth-order valence-corrected chi connectivity index (χ4v) is 4.93. The summed E-state index contributed by atoms with van der Waals surface area (Å²) in [4.78, 5) is 15.4. The molecule has 3 rings (SSSR count). The molecule has 2 saturated heterocycles. The van der Waals surface area contributed by atoms with Gasteiger partial charge in [0.2, 0.25) is 0 Å². The highest BCUT2D eigenvalue weighted by atomic mass is 79.9. The number of fused-ring (bicyclic) bond motifs is 2. The van der Waals surface area contributed by atoms with E-state index in [1.54, 1.807) is 0 Å². The molecule has 104 valence electrons. The van der Waals surface area contributed by atoms with Crippen molar-refractivity contribution < 1.29 is 4.79 Å². The number of carbonyl (C=O) groups excluding carboxylic acids is 1. The van der Waals surface area contributed by atoms with E-state index in [9.17, 15) is 4.79 Å². The molecule has 2 atom stereocenters. The highest BCUT2D eigenvalue weighted by Crippen LogP contribution is 2.37. The van der Waals surface area contributed by atoms with E-state index in [1.807, 2.05) is 11.4 Å². The van der Waals surface area contributed by atoms with Gasteiger partial charge in [0, 0.05) is 23.1 Å². The molecule has 2 aliphatic rings. The summed E-state index contributed by atoms with van der Waals surface area (Å²) >= 11 is 4.90. The van der Waals surface area contributed by atoms with Gasteiger partial charge >= 0.3 is 0 Å². The molecule has 1 aromatic heterocycles. The Labute approximate surface area is 126 Å². The van der Waals surface area contributed by atoms with Gasteiger partial charge in [-0.3, -0.25) is 4.79 Å². The van der Waals surface area contributed by atoms with Crippen LogP contribution in [-0.2, 0) is 0 Å². The quantitative estimate of drug-likeness (QED) is 0.915. The first-order valence-electron chi connectivity index (χ1n) is 6.88. The minimum Gasteiger partial charge on any atom is -0.351 e. The third-order valence-electron chi connectivity index (χ3n) is 4.57. The Balaban J connectivity index is 1.54. The van der Waals surface area contributed by atoms with Gasteiger partial charge < -0.3 is 10.2 Å². The zero-order valence-electron chi connectivity index (χ0n) is 11.1. The van der Waals surface area contributed by atoms with E-state index in [2.05, 4.69) is 33.2 Å². The van der Waals surface area contributed by atoms with Crippen molar-refractivity contribution in [1.29, 1.82) is 0 Å². The van der Waals surface area contributed by atoms with Crippen molar-refractivity contribution in [3.05, 3.63) is 20.8 Å². The fourth-order valence-electron chi connectivity index (χ4n) is 3.46. The van der Waals surface area contributed by atoms with Gasteiger partial charge in [-0.2, -0.15) is 0 Å². The average molecular weight is 343 g/mol. The Hall–Kier alpha value is -0.390. The molecule has 0 saturated carbocycles. The van der Waals surface area contributed by atoms with E-state index in [1.165, 1.54) is 37.0 Å². The van der Waals surface area contributed by atoms with Crippen LogP contribution < -0.4 is 5.32 Å². The number of halogens is 1. The summed E-state index contributed by atoms with van der Waals surface area (Å²) in [5.74, 6) is 0.713. The van der Waals surface area contributed by atoms with Crippen molar-refractivity contribution in [3.8, 4) is 0 Å². The van der Waals surface area contributed by atoms with Crippen LogP contribution in [0.5, 0.6) is 0 Å². The van der Waals surface area contributed by atoms with Crippen LogP contribution in [0.4, 0.5) is 0 Å². The third-order valence-corrected chi connectivity index (χ3v) is 6.41. The van der Waals surface area contributed by atoms with Crippen LogP contribution in [0.15, 0.2) is 15.9 Å². The van der Waals surface area contributed by atoms with E-state index in [-0.39, 0.29) is 5.91 Å². The zero-order chi connectivity index (χ0) is 13.4. The Morgan fingerprint density at radius 1 is 1.47 bits per heavy atom. The van der Waals surface area contributed by atoms with E-state index in [0.29, 0.717) is 5.92 Å². The molecule has 5 heteroatoms. The van der Waals surface area contributed by atoms with Crippen molar-refractivity contribution in [1.82, 2.24) is 10.2 Å². The van der Waals surface area contributed by atoms with Gasteiger partial charge in [0.05, 0.1) is 0 Å². The summed E-state index contributed by atoms with van der Waals surface area (Å²) in [6, 6.07) is 3.42. The predicted molar refractivity (Wildman–Crippen MR) is 81.6 cm³/mol. The number of nitrogens with one attached hydrogen (secondary N) is 1. The number of rotatable bonds is 3. The van der Waals surface area contributed by atoms with Crippen LogP contribution >= 0.6 is 27.3 Å². The summed E-state index contributed by atoms with van der Waals surface area (Å²) < 4.78 is 0.901. The predicted octanol–water partition coefficient (Wildman–Crippen LogP) is 3.11. The SMILES string of the molecule is CN1C2CCC1CC(CNC(=O)c1sccc1Br)C2. The van der Waals surface area contributed by atoms with Crippen molar-refractivity contribution in [3.63, 3.8) is 0 Å². The molecule has 3 nitrogen and oxygen atoms in total. The van der Waals surface area contributed by atoms with Crippen molar-refractivity contribution in [2.75, 3.05) is 13.6 Å². The minimum absolute atomic E-state index is 0.0631. The van der Waals surface area contributed by atoms with Gasteiger partial charge in [-0.1, -0.05) is 0 Å². The first-order valence-corrected chi connectivity index (χ1v) is 8.55. The Kier molecular flexibility index (Phi) is 3.96. The summed E-state index contributed by atoms with van der Waals surface area (Å²) in [5, 5.41) is 5.04. The Bertz CT molecular complexity index is 462. The molecule has 2 bridgehead atoms. The number of carbonyl (C=O) groups is 1. The lowest BCUT2D eigenvalue weighted by Gasteiger charge is -2.36. The Morgan fingerprint density at radius 2 is 2.16 bits per heavy atom. The Morgan fingerprint density at radius 3 is 2.74 bits per heavy atom. The van der Waals surface area contributed by atoms with Crippen molar-refractivity contribution in [2.24, 2.45) is 5.92 Å². The molecule has 2 unspecified atom stereocenters. The number of piperidine rings is 1. The number of amides is 1. The van der Waals surface area contributed by atoms with Gasteiger partial charge in [0.1, 0.15) is 4.88 Å². The largest absolute Gasteiger partial charge is 0.351 e. The molecule has 0 aliphatic carbocycles. The molecule has 0 aromatic carbocycles. The van der Waals surface area contributed by atoms with E-state index in [4.69, 9.17) is 0 Å². The number of thiophene rings is 1. The number of nitrogens with zero attached hydrogens (tertiary/aromatic N) is 1. The lowest BCUT2D eigenvalue weighted by molar-refractivity contribution is 0.0920. The minimum atomic E-state index is 0.0631. The second kappa shape index (κ2) is 5.54. The normalized spacial score (nSPS) is 30.5. The highest BCUT2D eigenvalue weighted by Gasteiger charge is 2.38. The summed E-state index contributed by atoms with van der Waals surface area (Å²) in [5.41, 5.74) is 0. The summed E-state index contributed by atoms with van der Waals surface area (Å²) in [7, 11) is 2.25. The lowest BCUT2D eigenvalue weighted by atomic mass is 9.91. The molecule has 19 heavy (non-hydrogen) atoms. The first-order chi connectivity index (χ1) is 9.15. The van der Waals surface area contributed by atoms with Gasteiger partial charge in [-0.25, -0.2) is 0 Å². The molecular weight excluding hydrogens is 324 g/mol. The molecule has 0 spiro atoms. The van der Waals surface area contributed by atoms with Gasteiger partial charge in [0.25, 0.3) is 5.91 Å². The molecule has 3 heterocycles. The summed E-state index contributed by atoms with van der Waals surface area (Å²) in [6.45, 7) is 0.823. The molecule has 1 aromatic rings. The third kappa shape index (κ3) is 2.73. The van der Waals surface area contributed by atoms with E-state index in [0.717, 1.165) is 28.0 Å². The number of hydrogen-bond acceptors (Lipinski definition) is 3. The maximum Gasteiger partial charge on any atom is 0.262 e. The molecule has 1 N–H and O–H groups in total. The standard InChI is InChI=1S/C14H19BrN2OS/c1-17-10-2-3-11(17)7-9(6-10)8-16-14(18)13-12(15)4-5-19-13/h4-5,9-11H,2-3,6-8H2,1H3,(H,16,18). The van der Waals surface area contributed by atoms with Crippen LogP contribution in [0, 0.1) is 5.92 Å². The van der Waals surface area contributed by atoms with Crippen LogP contribution in [0.1, 0.15) is 35.4 Å². The van der Waals surface area contributed by atoms with Gasteiger partial charge in [0.15, 0.2) is 0 Å². The molecule has 1 amide bonds. The summed E-state index contributed by atoms with van der Waals surface area (Å²) in [6.07, 6.45) is 5.14. The second-order valence-corrected chi connectivity index (χ2v) is 7.47. The van der Waals surface area contributed by atoms with E-state index >= 15 is 0 Å². The van der Waals surface area contributed by atoms with Crippen LogP contribution in [0.2, 0.25) is 0 Å². The van der Waals surface area contributed by atoms with Gasteiger partial charge in [-0.15, -0.1) is 11.3 Å². The lowest BCUT2D eigenvalue weighted by Crippen LogP contribution is -2.43. The van der Waals surface area contributed by atoms with E-state index < -0.39 is 0 Å². The monoisotopic (exact) mass is 342 g/mol. The highest BCUT2D eigenvalue weighted by molar-refractivity contribution is 9.10. The van der Waals surface area contributed by atoms with Crippen LogP contribution in [0.25, 0.3) is 0 Å². The van der Waals surface area contributed by atoms with Gasteiger partial charge in [-0.05, 0) is 66.0 Å².